The van der Waals surface area contributed by atoms with Crippen molar-refractivity contribution in [2.45, 2.75) is 32.5 Å². The Morgan fingerprint density at radius 2 is 1.92 bits per heavy atom. The van der Waals surface area contributed by atoms with Gasteiger partial charge in [0.15, 0.2) is 0 Å². The molecule has 0 aliphatic heterocycles. The average Bonchev–Trinajstić information content (AvgIpc) is 1.97. The lowest BCUT2D eigenvalue weighted by molar-refractivity contribution is -0.140. The highest BCUT2D eigenvalue weighted by atomic mass is 19.4. The lowest BCUT2D eigenvalue weighted by atomic mass is 10.2. The molecule has 0 aromatic heterocycles. The van der Waals surface area contributed by atoms with E-state index in [2.05, 4.69) is 0 Å². The lowest BCUT2D eigenvalue weighted by Crippen LogP contribution is -2.36. The van der Waals surface area contributed by atoms with E-state index in [1.165, 1.54) is 18.9 Å². The molecule has 0 aromatic carbocycles. The van der Waals surface area contributed by atoms with Crippen molar-refractivity contribution in [2.75, 3.05) is 13.6 Å². The molecule has 0 spiro atoms. The van der Waals surface area contributed by atoms with Crippen molar-refractivity contribution in [2.24, 2.45) is 0 Å². The van der Waals surface area contributed by atoms with Crippen LogP contribution in [0.1, 0.15) is 20.3 Å². The van der Waals surface area contributed by atoms with E-state index in [1.807, 2.05) is 0 Å². The summed E-state index contributed by atoms with van der Waals surface area (Å²) in [7, 11) is 1.51. The van der Waals surface area contributed by atoms with Gasteiger partial charge in [0, 0.05) is 6.54 Å². The van der Waals surface area contributed by atoms with Crippen molar-refractivity contribution in [3.63, 3.8) is 0 Å². The first-order chi connectivity index (χ1) is 5.74. The molecule has 0 saturated heterocycles. The van der Waals surface area contributed by atoms with Gasteiger partial charge in [0.1, 0.15) is 5.78 Å². The van der Waals surface area contributed by atoms with E-state index in [0.29, 0.717) is 0 Å². The van der Waals surface area contributed by atoms with Crippen LogP contribution >= 0.6 is 0 Å². The summed E-state index contributed by atoms with van der Waals surface area (Å²) in [4.78, 5) is 12.2. The minimum atomic E-state index is -4.15. The number of halogens is 3. The number of rotatable bonds is 4. The molecule has 0 radical (unpaired) electrons. The Labute approximate surface area is 75.7 Å². The number of ketones is 1. The fourth-order valence-electron chi connectivity index (χ4n) is 0.807. The van der Waals surface area contributed by atoms with Crippen LogP contribution in [-0.2, 0) is 4.79 Å². The summed E-state index contributed by atoms with van der Waals surface area (Å²) in [6.45, 7) is 2.83. The molecule has 0 aromatic rings. The van der Waals surface area contributed by atoms with Gasteiger partial charge in [-0.15, -0.1) is 0 Å². The number of hydrogen-bond acceptors (Lipinski definition) is 2. The summed E-state index contributed by atoms with van der Waals surface area (Å²) < 4.78 is 35.3. The maximum Gasteiger partial charge on any atom is 0.390 e. The molecule has 0 bridgehead atoms. The van der Waals surface area contributed by atoms with Gasteiger partial charge in [-0.1, -0.05) is 0 Å². The zero-order valence-corrected chi connectivity index (χ0v) is 7.98. The van der Waals surface area contributed by atoms with Gasteiger partial charge in [-0.05, 0) is 20.9 Å². The molecule has 78 valence electrons. The predicted molar refractivity (Wildman–Crippen MR) is 43.4 cm³/mol. The van der Waals surface area contributed by atoms with Crippen molar-refractivity contribution >= 4 is 5.78 Å². The minimum absolute atomic E-state index is 0.121. The van der Waals surface area contributed by atoms with Crippen molar-refractivity contribution < 1.29 is 18.0 Å². The lowest BCUT2D eigenvalue weighted by Gasteiger charge is -2.22. The molecular weight excluding hydrogens is 183 g/mol. The Morgan fingerprint density at radius 1 is 1.46 bits per heavy atom. The Morgan fingerprint density at radius 3 is 2.23 bits per heavy atom. The summed E-state index contributed by atoms with van der Waals surface area (Å²) in [6.07, 6.45) is -5.02. The third-order valence-electron chi connectivity index (χ3n) is 2.00. The van der Waals surface area contributed by atoms with Crippen LogP contribution in [0.2, 0.25) is 0 Å². The first kappa shape index (κ1) is 12.4. The third-order valence-corrected chi connectivity index (χ3v) is 2.00. The number of Topliss-reactive ketones (excluding diaryl/α,β-unsaturated/α-hetero) is 1. The molecule has 1 atom stereocenters. The summed E-state index contributed by atoms with van der Waals surface area (Å²) in [5.74, 6) is -0.121. The Hall–Kier alpha value is -0.580. The largest absolute Gasteiger partial charge is 0.390 e. The molecule has 0 aliphatic carbocycles. The molecule has 0 N–H and O–H groups in total. The molecule has 2 nitrogen and oxygen atoms in total. The van der Waals surface area contributed by atoms with Crippen LogP contribution in [0, 0.1) is 0 Å². The zero-order valence-electron chi connectivity index (χ0n) is 7.98. The van der Waals surface area contributed by atoms with Gasteiger partial charge in [-0.25, -0.2) is 0 Å². The molecule has 1 unspecified atom stereocenters. The van der Waals surface area contributed by atoms with Crippen LogP contribution in [0.4, 0.5) is 13.2 Å². The van der Waals surface area contributed by atoms with E-state index in [1.54, 1.807) is 6.92 Å². The fourth-order valence-corrected chi connectivity index (χ4v) is 0.807. The monoisotopic (exact) mass is 197 g/mol. The van der Waals surface area contributed by atoms with E-state index >= 15 is 0 Å². The number of carbonyl (C=O) groups excluding carboxylic acids is 1. The third kappa shape index (κ3) is 5.63. The maximum absolute atomic E-state index is 11.8. The van der Waals surface area contributed by atoms with Crippen LogP contribution in [0.25, 0.3) is 0 Å². The zero-order chi connectivity index (χ0) is 10.6. The van der Waals surface area contributed by atoms with Crippen LogP contribution < -0.4 is 0 Å². The molecule has 5 heteroatoms. The summed E-state index contributed by atoms with van der Waals surface area (Å²) in [6, 6.07) is -0.442. The second kappa shape index (κ2) is 4.60. The van der Waals surface area contributed by atoms with Gasteiger partial charge in [0.25, 0.3) is 0 Å². The van der Waals surface area contributed by atoms with Gasteiger partial charge < -0.3 is 0 Å². The van der Waals surface area contributed by atoms with Crippen molar-refractivity contribution in [3.05, 3.63) is 0 Å². The van der Waals surface area contributed by atoms with Gasteiger partial charge in [0.05, 0.1) is 12.5 Å². The molecule has 0 saturated carbocycles. The SMILES string of the molecule is CC(=O)C(C)N(C)CCC(F)(F)F. The normalized spacial score (nSPS) is 14.7. The molecule has 0 heterocycles. The molecule has 0 aliphatic rings. The van der Waals surface area contributed by atoms with E-state index in [4.69, 9.17) is 0 Å². The number of alkyl halides is 3. The number of carbonyl (C=O) groups is 1. The summed E-state index contributed by atoms with van der Waals surface area (Å²) in [5, 5.41) is 0. The van der Waals surface area contributed by atoms with E-state index in [-0.39, 0.29) is 12.3 Å². The van der Waals surface area contributed by atoms with E-state index in [0.717, 1.165) is 0 Å². The van der Waals surface area contributed by atoms with E-state index < -0.39 is 18.6 Å². The molecule has 0 rings (SSSR count). The second-order valence-corrected chi connectivity index (χ2v) is 3.13. The second-order valence-electron chi connectivity index (χ2n) is 3.13. The highest BCUT2D eigenvalue weighted by Crippen LogP contribution is 2.19. The smallest absolute Gasteiger partial charge is 0.298 e. The van der Waals surface area contributed by atoms with Crippen molar-refractivity contribution in [1.82, 2.24) is 4.90 Å². The number of likely N-dealkylation sites (N-methyl/N-ethyl adjacent to an activating group) is 1. The van der Waals surface area contributed by atoms with Gasteiger partial charge in [-0.2, -0.15) is 13.2 Å². The molecular formula is C8H14F3NO. The maximum atomic E-state index is 11.8. The molecule has 0 fully saturated rings. The fraction of sp³-hybridized carbons (Fsp3) is 0.875. The topological polar surface area (TPSA) is 20.3 Å². The first-order valence-corrected chi connectivity index (χ1v) is 4.01. The number of hydrogen-bond donors (Lipinski definition) is 0. The summed E-state index contributed by atoms with van der Waals surface area (Å²) in [5.41, 5.74) is 0. The number of nitrogens with zero attached hydrogens (tertiary/aromatic N) is 1. The standard InChI is InChI=1S/C8H14F3NO/c1-6(7(2)13)12(3)5-4-8(9,10)11/h6H,4-5H2,1-3H3. The molecule has 13 heavy (non-hydrogen) atoms. The highest BCUT2D eigenvalue weighted by Gasteiger charge is 2.28. The minimum Gasteiger partial charge on any atom is -0.298 e. The van der Waals surface area contributed by atoms with Crippen LogP contribution in [-0.4, -0.2) is 36.5 Å². The quantitative estimate of drug-likeness (QED) is 0.685. The van der Waals surface area contributed by atoms with Gasteiger partial charge >= 0.3 is 6.18 Å². The Bertz CT molecular complexity index is 179. The average molecular weight is 197 g/mol. The highest BCUT2D eigenvalue weighted by molar-refractivity contribution is 5.80. The van der Waals surface area contributed by atoms with Crippen LogP contribution in [0.5, 0.6) is 0 Å². The first-order valence-electron chi connectivity index (χ1n) is 4.01. The molecule has 0 amide bonds. The van der Waals surface area contributed by atoms with Gasteiger partial charge in [-0.3, -0.25) is 9.69 Å². The Kier molecular flexibility index (Phi) is 4.39. The Balaban J connectivity index is 3.88. The van der Waals surface area contributed by atoms with Crippen molar-refractivity contribution in [1.29, 1.82) is 0 Å². The van der Waals surface area contributed by atoms with Crippen LogP contribution in [0.3, 0.4) is 0 Å². The summed E-state index contributed by atoms with van der Waals surface area (Å²) >= 11 is 0. The van der Waals surface area contributed by atoms with Crippen LogP contribution in [0.15, 0.2) is 0 Å². The van der Waals surface area contributed by atoms with Gasteiger partial charge in [0.2, 0.25) is 0 Å². The predicted octanol–water partition coefficient (Wildman–Crippen LogP) is 1.85. The van der Waals surface area contributed by atoms with E-state index in [9.17, 15) is 18.0 Å². The van der Waals surface area contributed by atoms with Crippen molar-refractivity contribution in [3.8, 4) is 0 Å².